The van der Waals surface area contributed by atoms with Gasteiger partial charge in [-0.25, -0.2) is 0 Å². The van der Waals surface area contributed by atoms with Gasteiger partial charge in [-0.2, -0.15) is 0 Å². The van der Waals surface area contributed by atoms with E-state index in [2.05, 4.69) is 4.98 Å². The molecule has 0 aliphatic rings. The molecule has 4 nitrogen and oxygen atoms in total. The molecule has 2 aromatic rings. The van der Waals surface area contributed by atoms with Crippen molar-refractivity contribution in [1.29, 1.82) is 0 Å². The zero-order valence-electron chi connectivity index (χ0n) is 10.1. The minimum absolute atomic E-state index is 0.0743. The van der Waals surface area contributed by atoms with Crippen LogP contribution < -0.4 is 11.3 Å². The van der Waals surface area contributed by atoms with Gasteiger partial charge in [0.1, 0.15) is 0 Å². The van der Waals surface area contributed by atoms with Gasteiger partial charge in [-0.1, -0.05) is 0 Å². The van der Waals surface area contributed by atoms with Crippen molar-refractivity contribution in [3.8, 4) is 0 Å². The van der Waals surface area contributed by atoms with Crippen molar-refractivity contribution >= 4 is 10.9 Å². The maximum absolute atomic E-state index is 11.9. The van der Waals surface area contributed by atoms with E-state index in [0.717, 1.165) is 16.6 Å². The number of rotatable bonds is 1. The third-order valence-electron chi connectivity index (χ3n) is 2.90. The second-order valence-electron chi connectivity index (χ2n) is 4.90. The first-order chi connectivity index (χ1) is 7.32. The molecule has 3 N–H and O–H groups in total. The smallest absolute Gasteiger partial charge is 0.257 e. The SMILES string of the molecule is Cc1c[nH]c(=O)c2c(C(C)(C)N)cn(C)c12. The summed E-state index contributed by atoms with van der Waals surface area (Å²) in [6.07, 6.45) is 3.67. The number of nitrogens with zero attached hydrogens (tertiary/aromatic N) is 1. The van der Waals surface area contributed by atoms with Gasteiger partial charge in [-0.05, 0) is 26.3 Å². The van der Waals surface area contributed by atoms with Crippen LogP contribution in [-0.4, -0.2) is 9.55 Å². The fraction of sp³-hybridized carbons (Fsp3) is 0.417. The number of hydrogen-bond donors (Lipinski definition) is 2. The molecule has 0 aromatic carbocycles. The molecule has 16 heavy (non-hydrogen) atoms. The van der Waals surface area contributed by atoms with E-state index in [-0.39, 0.29) is 5.56 Å². The van der Waals surface area contributed by atoms with Gasteiger partial charge in [0.15, 0.2) is 0 Å². The summed E-state index contributed by atoms with van der Waals surface area (Å²) in [5.74, 6) is 0. The molecule has 86 valence electrons. The van der Waals surface area contributed by atoms with Gasteiger partial charge >= 0.3 is 0 Å². The standard InChI is InChI=1S/C12H17N3O/c1-7-5-14-11(16)9-8(12(2,3)13)6-15(4)10(7)9/h5-6H,13H2,1-4H3,(H,14,16). The van der Waals surface area contributed by atoms with Crippen molar-refractivity contribution in [2.24, 2.45) is 12.8 Å². The number of aromatic amines is 1. The lowest BCUT2D eigenvalue weighted by Gasteiger charge is -2.17. The largest absolute Gasteiger partial charge is 0.350 e. The number of H-pyrrole nitrogens is 1. The zero-order chi connectivity index (χ0) is 12.1. The molecule has 4 heteroatoms. The molecule has 2 rings (SSSR count). The third-order valence-corrected chi connectivity index (χ3v) is 2.90. The number of aromatic nitrogens is 2. The molecule has 0 saturated heterocycles. The van der Waals surface area contributed by atoms with Crippen LogP contribution in [0.25, 0.3) is 10.9 Å². The van der Waals surface area contributed by atoms with Gasteiger partial charge in [0.2, 0.25) is 0 Å². The average Bonchev–Trinajstić information content (AvgIpc) is 2.51. The van der Waals surface area contributed by atoms with Crippen LogP contribution in [0.15, 0.2) is 17.2 Å². The Bertz CT molecular complexity index is 599. The van der Waals surface area contributed by atoms with Crippen molar-refractivity contribution in [3.63, 3.8) is 0 Å². The molecule has 0 saturated carbocycles. The predicted molar refractivity (Wildman–Crippen MR) is 65.5 cm³/mol. The summed E-state index contributed by atoms with van der Waals surface area (Å²) < 4.78 is 1.96. The van der Waals surface area contributed by atoms with Crippen LogP contribution in [0.3, 0.4) is 0 Å². The summed E-state index contributed by atoms with van der Waals surface area (Å²) in [5, 5.41) is 0.704. The molecule has 0 atom stereocenters. The topological polar surface area (TPSA) is 63.8 Å². The summed E-state index contributed by atoms with van der Waals surface area (Å²) >= 11 is 0. The number of hydrogen-bond acceptors (Lipinski definition) is 2. The quantitative estimate of drug-likeness (QED) is 0.760. The predicted octanol–water partition coefficient (Wildman–Crippen LogP) is 1.37. The van der Waals surface area contributed by atoms with E-state index in [0.29, 0.717) is 5.39 Å². The van der Waals surface area contributed by atoms with Gasteiger partial charge in [-0.15, -0.1) is 0 Å². The highest BCUT2D eigenvalue weighted by Crippen LogP contribution is 2.26. The Morgan fingerprint density at radius 2 is 2.06 bits per heavy atom. The Labute approximate surface area is 94.1 Å². The molecule has 0 unspecified atom stereocenters. The highest BCUT2D eigenvalue weighted by atomic mass is 16.1. The van der Waals surface area contributed by atoms with E-state index in [9.17, 15) is 4.79 Å². The molecule has 2 aromatic heterocycles. The maximum Gasteiger partial charge on any atom is 0.257 e. The Morgan fingerprint density at radius 3 is 2.62 bits per heavy atom. The molecule has 0 aliphatic carbocycles. The second kappa shape index (κ2) is 3.22. The summed E-state index contributed by atoms with van der Waals surface area (Å²) in [4.78, 5) is 14.6. The molecule has 0 fully saturated rings. The minimum atomic E-state index is -0.514. The van der Waals surface area contributed by atoms with E-state index in [1.165, 1.54) is 0 Å². The normalized spacial score (nSPS) is 12.3. The average molecular weight is 219 g/mol. The molecular formula is C12H17N3O. The third kappa shape index (κ3) is 1.46. The number of pyridine rings is 1. The number of fused-ring (bicyclic) bond motifs is 1. The molecular weight excluding hydrogens is 202 g/mol. The molecule has 0 radical (unpaired) electrons. The van der Waals surface area contributed by atoms with Crippen LogP contribution in [0.4, 0.5) is 0 Å². The molecule has 0 amide bonds. The van der Waals surface area contributed by atoms with Crippen LogP contribution in [0.2, 0.25) is 0 Å². The van der Waals surface area contributed by atoms with Gasteiger partial charge in [0, 0.05) is 30.5 Å². The highest BCUT2D eigenvalue weighted by molar-refractivity contribution is 5.86. The van der Waals surface area contributed by atoms with Crippen LogP contribution in [0, 0.1) is 6.92 Å². The van der Waals surface area contributed by atoms with Crippen molar-refractivity contribution in [1.82, 2.24) is 9.55 Å². The monoisotopic (exact) mass is 219 g/mol. The Balaban J connectivity index is 3.00. The Hall–Kier alpha value is -1.55. The van der Waals surface area contributed by atoms with Gasteiger partial charge in [-0.3, -0.25) is 4.79 Å². The van der Waals surface area contributed by atoms with Crippen molar-refractivity contribution in [2.75, 3.05) is 0 Å². The molecule has 2 heterocycles. The van der Waals surface area contributed by atoms with E-state index in [4.69, 9.17) is 5.73 Å². The first kappa shape index (κ1) is 11.0. The number of nitrogens with two attached hydrogens (primary N) is 1. The molecule has 0 aliphatic heterocycles. The van der Waals surface area contributed by atoms with Gasteiger partial charge in [0.05, 0.1) is 10.9 Å². The zero-order valence-corrected chi connectivity index (χ0v) is 10.1. The summed E-state index contributed by atoms with van der Waals surface area (Å²) in [6, 6.07) is 0. The summed E-state index contributed by atoms with van der Waals surface area (Å²) in [7, 11) is 1.93. The lowest BCUT2D eigenvalue weighted by Crippen LogP contribution is -2.29. The van der Waals surface area contributed by atoms with E-state index >= 15 is 0 Å². The van der Waals surface area contributed by atoms with E-state index < -0.39 is 5.54 Å². The van der Waals surface area contributed by atoms with E-state index in [1.54, 1.807) is 6.20 Å². The number of nitrogens with one attached hydrogen (secondary N) is 1. The second-order valence-corrected chi connectivity index (χ2v) is 4.90. The Kier molecular flexibility index (Phi) is 2.20. The van der Waals surface area contributed by atoms with Gasteiger partial charge in [0.25, 0.3) is 5.56 Å². The first-order valence-corrected chi connectivity index (χ1v) is 5.29. The fourth-order valence-electron chi connectivity index (χ4n) is 2.13. The number of aryl methyl sites for hydroxylation is 2. The lowest BCUT2D eigenvalue weighted by molar-refractivity contribution is 0.557. The van der Waals surface area contributed by atoms with Crippen molar-refractivity contribution < 1.29 is 0 Å². The Morgan fingerprint density at radius 1 is 1.44 bits per heavy atom. The molecule has 0 spiro atoms. The van der Waals surface area contributed by atoms with Gasteiger partial charge < -0.3 is 15.3 Å². The highest BCUT2D eigenvalue weighted by Gasteiger charge is 2.22. The molecule has 0 bridgehead atoms. The van der Waals surface area contributed by atoms with Crippen molar-refractivity contribution in [2.45, 2.75) is 26.3 Å². The van der Waals surface area contributed by atoms with E-state index in [1.807, 2.05) is 38.6 Å². The van der Waals surface area contributed by atoms with Crippen LogP contribution in [-0.2, 0) is 12.6 Å². The minimum Gasteiger partial charge on any atom is -0.350 e. The lowest BCUT2D eigenvalue weighted by atomic mass is 9.95. The van der Waals surface area contributed by atoms with Crippen molar-refractivity contribution in [3.05, 3.63) is 33.9 Å². The van der Waals surface area contributed by atoms with Crippen LogP contribution >= 0.6 is 0 Å². The summed E-state index contributed by atoms with van der Waals surface area (Å²) in [5.41, 5.74) is 8.39. The van der Waals surface area contributed by atoms with Crippen LogP contribution in [0.1, 0.15) is 25.0 Å². The fourth-order valence-corrected chi connectivity index (χ4v) is 2.13. The van der Waals surface area contributed by atoms with Crippen LogP contribution in [0.5, 0.6) is 0 Å². The summed E-state index contributed by atoms with van der Waals surface area (Å²) in [6.45, 7) is 5.79. The maximum atomic E-state index is 11.9. The first-order valence-electron chi connectivity index (χ1n) is 5.29.